The molecule has 2 aromatic carbocycles. The second-order valence-corrected chi connectivity index (χ2v) is 9.32. The number of aromatic nitrogens is 3. The molecule has 0 aliphatic carbocycles. The molecule has 0 aliphatic heterocycles. The Labute approximate surface area is 181 Å². The van der Waals surface area contributed by atoms with Gasteiger partial charge in [-0.05, 0) is 47.3 Å². The van der Waals surface area contributed by atoms with Gasteiger partial charge in [-0.3, -0.25) is 9.52 Å². The van der Waals surface area contributed by atoms with Crippen LogP contribution >= 0.6 is 11.3 Å². The van der Waals surface area contributed by atoms with Gasteiger partial charge in [0.2, 0.25) is 5.91 Å². The van der Waals surface area contributed by atoms with E-state index in [1.54, 1.807) is 41.8 Å². The molecule has 2 heterocycles. The summed E-state index contributed by atoms with van der Waals surface area (Å²) in [7, 11) is -3.63. The summed E-state index contributed by atoms with van der Waals surface area (Å²) in [5.41, 5.74) is 1.60. The second-order valence-electron chi connectivity index (χ2n) is 6.47. The number of rotatable bonds is 7. The van der Waals surface area contributed by atoms with Gasteiger partial charge in [-0.2, -0.15) is 5.10 Å². The fraction of sp³-hybridized carbons (Fsp3) is 0.0500. The highest BCUT2D eigenvalue weighted by molar-refractivity contribution is 7.94. The molecular formula is C20H16FN5O3S2. The molecule has 0 radical (unpaired) electrons. The van der Waals surface area contributed by atoms with Crippen LogP contribution in [0.2, 0.25) is 0 Å². The van der Waals surface area contributed by atoms with Crippen LogP contribution in [0.5, 0.6) is 0 Å². The molecule has 4 rings (SSSR count). The number of benzene rings is 2. The summed E-state index contributed by atoms with van der Waals surface area (Å²) < 4.78 is 42.8. The van der Waals surface area contributed by atoms with Gasteiger partial charge in [0.25, 0.3) is 10.0 Å². The SMILES string of the molecule is O=C(Cc1ccc(NS(=O)(=O)c2cccs2)cc1)Nc1ccc(-n2cncn2)c(F)c1. The Kier molecular flexibility index (Phi) is 5.78. The van der Waals surface area contributed by atoms with Gasteiger partial charge in [0, 0.05) is 11.4 Å². The third kappa shape index (κ3) is 4.95. The zero-order chi connectivity index (χ0) is 21.8. The number of sulfonamides is 1. The molecule has 0 saturated heterocycles. The van der Waals surface area contributed by atoms with Crippen molar-refractivity contribution in [2.24, 2.45) is 0 Å². The predicted molar refractivity (Wildman–Crippen MR) is 115 cm³/mol. The van der Waals surface area contributed by atoms with Gasteiger partial charge in [0.15, 0.2) is 5.82 Å². The number of carbonyl (C=O) groups excluding carboxylic acids is 1. The van der Waals surface area contributed by atoms with E-state index in [2.05, 4.69) is 20.1 Å². The van der Waals surface area contributed by atoms with E-state index in [4.69, 9.17) is 0 Å². The van der Waals surface area contributed by atoms with E-state index in [0.717, 1.165) is 11.3 Å². The number of hydrogen-bond acceptors (Lipinski definition) is 6. The van der Waals surface area contributed by atoms with Gasteiger partial charge in [0.05, 0.1) is 6.42 Å². The Morgan fingerprint density at radius 3 is 2.52 bits per heavy atom. The molecule has 0 unspecified atom stereocenters. The Balaban J connectivity index is 1.37. The van der Waals surface area contributed by atoms with Gasteiger partial charge in [-0.1, -0.05) is 18.2 Å². The van der Waals surface area contributed by atoms with Crippen LogP contribution in [0.4, 0.5) is 15.8 Å². The Morgan fingerprint density at radius 1 is 1.10 bits per heavy atom. The normalized spacial score (nSPS) is 11.3. The van der Waals surface area contributed by atoms with Gasteiger partial charge in [-0.25, -0.2) is 22.5 Å². The van der Waals surface area contributed by atoms with E-state index < -0.39 is 15.8 Å². The summed E-state index contributed by atoms with van der Waals surface area (Å²) >= 11 is 1.12. The maximum atomic E-state index is 14.3. The van der Waals surface area contributed by atoms with E-state index in [1.165, 1.54) is 35.5 Å². The summed E-state index contributed by atoms with van der Waals surface area (Å²) in [5, 5.41) is 8.20. The maximum Gasteiger partial charge on any atom is 0.271 e. The van der Waals surface area contributed by atoms with E-state index in [9.17, 15) is 17.6 Å². The minimum Gasteiger partial charge on any atom is -0.326 e. The minimum absolute atomic E-state index is 0.0460. The molecule has 8 nitrogen and oxygen atoms in total. The lowest BCUT2D eigenvalue weighted by molar-refractivity contribution is -0.115. The fourth-order valence-electron chi connectivity index (χ4n) is 2.81. The van der Waals surface area contributed by atoms with Crippen molar-refractivity contribution in [1.29, 1.82) is 0 Å². The van der Waals surface area contributed by atoms with Crippen LogP contribution in [0, 0.1) is 5.82 Å². The van der Waals surface area contributed by atoms with Crippen molar-refractivity contribution in [3.05, 3.63) is 84.0 Å². The first-order chi connectivity index (χ1) is 14.9. The quantitative estimate of drug-likeness (QED) is 0.442. The number of hydrogen-bond donors (Lipinski definition) is 2. The smallest absolute Gasteiger partial charge is 0.271 e. The first kappa shape index (κ1) is 20.7. The maximum absolute atomic E-state index is 14.3. The van der Waals surface area contributed by atoms with Crippen molar-refractivity contribution in [3.8, 4) is 5.69 Å². The van der Waals surface area contributed by atoms with Crippen LogP contribution in [0.25, 0.3) is 5.69 Å². The minimum atomic E-state index is -3.63. The monoisotopic (exact) mass is 457 g/mol. The van der Waals surface area contributed by atoms with E-state index in [1.807, 2.05) is 0 Å². The highest BCUT2D eigenvalue weighted by atomic mass is 32.2. The van der Waals surface area contributed by atoms with Crippen LogP contribution < -0.4 is 10.0 Å². The van der Waals surface area contributed by atoms with Crippen LogP contribution in [-0.4, -0.2) is 29.1 Å². The zero-order valence-corrected chi connectivity index (χ0v) is 17.5. The molecule has 1 amide bonds. The van der Waals surface area contributed by atoms with E-state index in [0.29, 0.717) is 16.9 Å². The largest absolute Gasteiger partial charge is 0.326 e. The van der Waals surface area contributed by atoms with E-state index in [-0.39, 0.29) is 22.2 Å². The molecular weight excluding hydrogens is 441 g/mol. The fourth-order valence-corrected chi connectivity index (χ4v) is 4.86. The summed E-state index contributed by atoms with van der Waals surface area (Å²) in [6, 6.07) is 13.9. The first-order valence-electron chi connectivity index (χ1n) is 9.00. The molecule has 0 fully saturated rings. The topological polar surface area (TPSA) is 106 Å². The van der Waals surface area contributed by atoms with Crippen molar-refractivity contribution >= 4 is 38.6 Å². The molecule has 11 heteroatoms. The Morgan fingerprint density at radius 2 is 1.87 bits per heavy atom. The highest BCUT2D eigenvalue weighted by Gasteiger charge is 2.15. The highest BCUT2D eigenvalue weighted by Crippen LogP contribution is 2.21. The van der Waals surface area contributed by atoms with Crippen LogP contribution in [0.3, 0.4) is 0 Å². The van der Waals surface area contributed by atoms with Crippen molar-refractivity contribution in [3.63, 3.8) is 0 Å². The van der Waals surface area contributed by atoms with Crippen LogP contribution in [0.1, 0.15) is 5.56 Å². The van der Waals surface area contributed by atoms with E-state index >= 15 is 0 Å². The number of nitrogens with one attached hydrogen (secondary N) is 2. The molecule has 0 atom stereocenters. The number of carbonyl (C=O) groups is 1. The number of halogens is 1. The van der Waals surface area contributed by atoms with Gasteiger partial charge in [-0.15, -0.1) is 11.3 Å². The lowest BCUT2D eigenvalue weighted by Gasteiger charge is -2.09. The molecule has 4 aromatic rings. The standard InChI is InChI=1S/C20H16FN5O3S2/c21-17-11-16(7-8-18(17)26-13-22-12-23-26)24-19(27)10-14-3-5-15(6-4-14)25-31(28,29)20-2-1-9-30-20/h1-9,11-13,25H,10H2,(H,24,27). The molecule has 158 valence electrons. The van der Waals surface area contributed by atoms with Crippen molar-refractivity contribution in [2.75, 3.05) is 10.0 Å². The van der Waals surface area contributed by atoms with Crippen LogP contribution in [-0.2, 0) is 21.2 Å². The molecule has 0 spiro atoms. The lowest BCUT2D eigenvalue weighted by Crippen LogP contribution is -2.15. The van der Waals surface area contributed by atoms with Gasteiger partial charge >= 0.3 is 0 Å². The number of anilines is 2. The Bertz CT molecular complexity index is 1290. The second kappa shape index (κ2) is 8.66. The summed E-state index contributed by atoms with van der Waals surface area (Å²) in [4.78, 5) is 16.1. The van der Waals surface area contributed by atoms with Crippen LogP contribution in [0.15, 0.2) is 76.8 Å². The molecule has 2 N–H and O–H groups in total. The van der Waals surface area contributed by atoms with Crippen molar-refractivity contribution in [2.45, 2.75) is 10.6 Å². The summed E-state index contributed by atoms with van der Waals surface area (Å²) in [6.07, 6.45) is 2.72. The van der Waals surface area contributed by atoms with Gasteiger partial charge < -0.3 is 5.32 Å². The molecule has 2 aromatic heterocycles. The average molecular weight is 458 g/mol. The molecule has 0 saturated carbocycles. The molecule has 0 aliphatic rings. The third-order valence-electron chi connectivity index (χ3n) is 4.23. The van der Waals surface area contributed by atoms with Crippen molar-refractivity contribution in [1.82, 2.24) is 14.8 Å². The molecule has 0 bridgehead atoms. The van der Waals surface area contributed by atoms with Gasteiger partial charge in [0.1, 0.15) is 22.6 Å². The predicted octanol–water partition coefficient (Wildman–Crippen LogP) is 3.45. The number of amides is 1. The first-order valence-corrected chi connectivity index (χ1v) is 11.4. The summed E-state index contributed by atoms with van der Waals surface area (Å²) in [6.45, 7) is 0. The average Bonchev–Trinajstić information content (AvgIpc) is 3.44. The Hall–Kier alpha value is -3.57. The number of nitrogens with zero attached hydrogens (tertiary/aromatic N) is 3. The third-order valence-corrected chi connectivity index (χ3v) is 7.01. The molecule has 31 heavy (non-hydrogen) atoms. The van der Waals surface area contributed by atoms with Crippen molar-refractivity contribution < 1.29 is 17.6 Å². The lowest BCUT2D eigenvalue weighted by atomic mass is 10.1. The summed E-state index contributed by atoms with van der Waals surface area (Å²) in [5.74, 6) is -0.884. The number of thiophene rings is 1. The zero-order valence-electron chi connectivity index (χ0n) is 15.9.